The second-order valence-corrected chi connectivity index (χ2v) is 4.88. The van der Waals surface area contributed by atoms with E-state index >= 15 is 0 Å². The van der Waals surface area contributed by atoms with E-state index in [0.717, 1.165) is 11.1 Å². The van der Waals surface area contributed by atoms with Crippen molar-refractivity contribution in [2.75, 3.05) is 0 Å². The minimum atomic E-state index is -0.939. The summed E-state index contributed by atoms with van der Waals surface area (Å²) in [5.41, 5.74) is 7.94. The molecule has 0 bridgehead atoms. The van der Waals surface area contributed by atoms with Crippen LogP contribution in [0.2, 0.25) is 0 Å². The minimum absolute atomic E-state index is 0.0863. The average Bonchev–Trinajstić information content (AvgIpc) is 2.62. The number of nitrogens with one attached hydrogen (secondary N) is 1. The van der Waals surface area contributed by atoms with Gasteiger partial charge < -0.3 is 5.73 Å². The van der Waals surface area contributed by atoms with Crippen LogP contribution in [0.25, 0.3) is 22.3 Å². The number of aromatic nitrogens is 3. The number of urea groups is 1. The fourth-order valence-corrected chi connectivity index (χ4v) is 2.37. The Morgan fingerprint density at radius 1 is 0.917 bits per heavy atom. The molecule has 0 aliphatic carbocycles. The summed E-state index contributed by atoms with van der Waals surface area (Å²) in [5, 5.41) is 2.05. The highest BCUT2D eigenvalue weighted by molar-refractivity contribution is 6.08. The van der Waals surface area contributed by atoms with Gasteiger partial charge in [-0.1, -0.05) is 12.1 Å². The standard InChI is InChI=1S/C17H13N5O2/c18-17(24)22-16(23)15-14(12-4-2-7-20-10-12)13(5-8-21-15)11-3-1-6-19-9-11/h1-10H,(H3,18,22,23,24). The van der Waals surface area contributed by atoms with Gasteiger partial charge in [-0.25, -0.2) is 4.79 Å². The lowest BCUT2D eigenvalue weighted by Crippen LogP contribution is -2.35. The molecule has 0 unspecified atom stereocenters. The third-order valence-electron chi connectivity index (χ3n) is 3.33. The van der Waals surface area contributed by atoms with Crippen molar-refractivity contribution >= 4 is 11.9 Å². The van der Waals surface area contributed by atoms with E-state index in [2.05, 4.69) is 15.0 Å². The van der Waals surface area contributed by atoms with Gasteiger partial charge in [0, 0.05) is 47.7 Å². The normalized spacial score (nSPS) is 10.2. The van der Waals surface area contributed by atoms with Crippen LogP contribution in [0.4, 0.5) is 4.79 Å². The SMILES string of the molecule is NC(=O)NC(=O)c1nccc(-c2cccnc2)c1-c1cccnc1. The third kappa shape index (κ3) is 3.09. The smallest absolute Gasteiger partial charge is 0.319 e. The van der Waals surface area contributed by atoms with Crippen LogP contribution in [-0.2, 0) is 0 Å². The molecule has 3 heterocycles. The molecule has 7 nitrogen and oxygen atoms in total. The van der Waals surface area contributed by atoms with E-state index in [1.165, 1.54) is 6.20 Å². The third-order valence-corrected chi connectivity index (χ3v) is 3.33. The first kappa shape index (κ1) is 15.3. The molecule has 118 valence electrons. The maximum atomic E-state index is 12.3. The van der Waals surface area contributed by atoms with Crippen molar-refractivity contribution in [1.29, 1.82) is 0 Å². The molecular weight excluding hydrogens is 306 g/mol. The van der Waals surface area contributed by atoms with E-state index in [-0.39, 0.29) is 5.69 Å². The molecule has 7 heteroatoms. The number of nitrogens with two attached hydrogens (primary N) is 1. The van der Waals surface area contributed by atoms with Gasteiger partial charge in [0.05, 0.1) is 0 Å². The fraction of sp³-hybridized carbons (Fsp3) is 0. The lowest BCUT2D eigenvalue weighted by molar-refractivity contribution is 0.0962. The largest absolute Gasteiger partial charge is 0.351 e. The van der Waals surface area contributed by atoms with E-state index in [1.54, 1.807) is 43.0 Å². The van der Waals surface area contributed by atoms with Crippen molar-refractivity contribution in [1.82, 2.24) is 20.3 Å². The van der Waals surface area contributed by atoms with E-state index in [9.17, 15) is 9.59 Å². The zero-order valence-corrected chi connectivity index (χ0v) is 12.5. The molecular formula is C17H13N5O2. The number of amides is 3. The van der Waals surface area contributed by atoms with Gasteiger partial charge in [0.25, 0.3) is 5.91 Å². The Labute approximate surface area is 137 Å². The van der Waals surface area contributed by atoms with Gasteiger partial charge in [-0.05, 0) is 23.8 Å². The number of hydrogen-bond donors (Lipinski definition) is 2. The number of carbonyl (C=O) groups excluding carboxylic acids is 2. The molecule has 3 aromatic heterocycles. The zero-order chi connectivity index (χ0) is 16.9. The molecule has 0 radical (unpaired) electrons. The summed E-state index contributed by atoms with van der Waals surface area (Å²) in [7, 11) is 0. The van der Waals surface area contributed by atoms with Crippen LogP contribution in [-0.4, -0.2) is 26.9 Å². The highest BCUT2D eigenvalue weighted by Crippen LogP contribution is 2.33. The maximum Gasteiger partial charge on any atom is 0.319 e. The highest BCUT2D eigenvalue weighted by atomic mass is 16.2. The van der Waals surface area contributed by atoms with Crippen molar-refractivity contribution in [3.8, 4) is 22.3 Å². The number of rotatable bonds is 3. The topological polar surface area (TPSA) is 111 Å². The summed E-state index contributed by atoms with van der Waals surface area (Å²) in [6, 6.07) is 8.08. The molecule has 0 aromatic carbocycles. The number of pyridine rings is 3. The van der Waals surface area contributed by atoms with Crippen molar-refractivity contribution in [3.63, 3.8) is 0 Å². The molecule has 0 spiro atoms. The predicted molar refractivity (Wildman–Crippen MR) is 87.7 cm³/mol. The summed E-state index contributed by atoms with van der Waals surface area (Å²) in [5.74, 6) is -0.674. The van der Waals surface area contributed by atoms with Gasteiger partial charge in [-0.2, -0.15) is 0 Å². The van der Waals surface area contributed by atoms with E-state index in [1.807, 2.05) is 17.4 Å². The molecule has 3 amide bonds. The number of carbonyl (C=O) groups is 2. The van der Waals surface area contributed by atoms with Crippen LogP contribution in [0.3, 0.4) is 0 Å². The Bertz CT molecular complexity index is 882. The molecule has 3 aromatic rings. The summed E-state index contributed by atoms with van der Waals surface area (Å²) in [4.78, 5) is 35.7. The molecule has 3 rings (SSSR count). The van der Waals surface area contributed by atoms with Crippen molar-refractivity contribution in [2.24, 2.45) is 5.73 Å². The second-order valence-electron chi connectivity index (χ2n) is 4.88. The van der Waals surface area contributed by atoms with Crippen LogP contribution in [0.1, 0.15) is 10.5 Å². The average molecular weight is 319 g/mol. The minimum Gasteiger partial charge on any atom is -0.351 e. The molecule has 0 atom stereocenters. The van der Waals surface area contributed by atoms with E-state index < -0.39 is 11.9 Å². The predicted octanol–water partition coefficient (Wildman–Crippen LogP) is 2.01. The van der Waals surface area contributed by atoms with Crippen LogP contribution >= 0.6 is 0 Å². The Kier molecular flexibility index (Phi) is 4.24. The number of nitrogens with zero attached hydrogens (tertiary/aromatic N) is 3. The lowest BCUT2D eigenvalue weighted by Gasteiger charge is -2.13. The van der Waals surface area contributed by atoms with Crippen molar-refractivity contribution in [3.05, 3.63) is 67.0 Å². The number of primary amides is 1. The Balaban J connectivity index is 2.24. The van der Waals surface area contributed by atoms with Crippen LogP contribution in [0, 0.1) is 0 Å². The molecule has 0 saturated carbocycles. The molecule has 0 aliphatic heterocycles. The number of hydrogen-bond acceptors (Lipinski definition) is 5. The molecule has 3 N–H and O–H groups in total. The van der Waals surface area contributed by atoms with Gasteiger partial charge in [-0.3, -0.25) is 25.1 Å². The van der Waals surface area contributed by atoms with E-state index in [0.29, 0.717) is 11.1 Å². The molecule has 0 saturated heterocycles. The first-order chi connectivity index (χ1) is 11.7. The summed E-state index contributed by atoms with van der Waals surface area (Å²) in [6.45, 7) is 0. The Morgan fingerprint density at radius 2 is 1.58 bits per heavy atom. The quantitative estimate of drug-likeness (QED) is 0.767. The summed E-state index contributed by atoms with van der Waals surface area (Å²) >= 11 is 0. The van der Waals surface area contributed by atoms with Gasteiger partial charge >= 0.3 is 6.03 Å². The van der Waals surface area contributed by atoms with Gasteiger partial charge in [0.1, 0.15) is 5.69 Å². The molecule has 0 aliphatic rings. The Hall–Kier alpha value is -3.61. The summed E-state index contributed by atoms with van der Waals surface area (Å²) in [6.07, 6.45) is 8.10. The monoisotopic (exact) mass is 319 g/mol. The summed E-state index contributed by atoms with van der Waals surface area (Å²) < 4.78 is 0. The maximum absolute atomic E-state index is 12.3. The van der Waals surface area contributed by atoms with Gasteiger partial charge in [0.15, 0.2) is 0 Å². The van der Waals surface area contributed by atoms with Crippen molar-refractivity contribution in [2.45, 2.75) is 0 Å². The first-order valence-electron chi connectivity index (χ1n) is 7.07. The first-order valence-corrected chi connectivity index (χ1v) is 7.07. The van der Waals surface area contributed by atoms with E-state index in [4.69, 9.17) is 5.73 Å². The second kappa shape index (κ2) is 6.66. The van der Waals surface area contributed by atoms with Crippen molar-refractivity contribution < 1.29 is 9.59 Å². The zero-order valence-electron chi connectivity index (χ0n) is 12.5. The van der Waals surface area contributed by atoms with Gasteiger partial charge in [0.2, 0.25) is 0 Å². The highest BCUT2D eigenvalue weighted by Gasteiger charge is 2.20. The lowest BCUT2D eigenvalue weighted by atomic mass is 9.95. The molecule has 24 heavy (non-hydrogen) atoms. The van der Waals surface area contributed by atoms with Crippen LogP contribution in [0.15, 0.2) is 61.3 Å². The number of imide groups is 1. The Morgan fingerprint density at radius 3 is 2.17 bits per heavy atom. The van der Waals surface area contributed by atoms with Crippen LogP contribution in [0.5, 0.6) is 0 Å². The van der Waals surface area contributed by atoms with Gasteiger partial charge in [-0.15, -0.1) is 0 Å². The fourth-order valence-electron chi connectivity index (χ4n) is 2.37. The molecule has 0 fully saturated rings. The van der Waals surface area contributed by atoms with Crippen LogP contribution < -0.4 is 11.1 Å².